The number of likely N-dealkylation sites (tertiary alicyclic amines) is 1. The second kappa shape index (κ2) is 5.13. The number of rotatable bonds is 3. The van der Waals surface area contributed by atoms with E-state index >= 15 is 0 Å². The van der Waals surface area contributed by atoms with Gasteiger partial charge in [0, 0.05) is 13.0 Å². The van der Waals surface area contributed by atoms with E-state index in [0.29, 0.717) is 13.0 Å². The molecule has 1 fully saturated rings. The minimum absolute atomic E-state index is 0.0400. The van der Waals surface area contributed by atoms with Crippen molar-refractivity contribution in [2.24, 2.45) is 0 Å². The fourth-order valence-corrected chi connectivity index (χ4v) is 2.32. The molecule has 0 aromatic heterocycles. The van der Waals surface area contributed by atoms with Gasteiger partial charge in [0.1, 0.15) is 0 Å². The van der Waals surface area contributed by atoms with Crippen molar-refractivity contribution in [3.05, 3.63) is 35.4 Å². The van der Waals surface area contributed by atoms with E-state index in [1.807, 2.05) is 17.0 Å². The summed E-state index contributed by atoms with van der Waals surface area (Å²) in [6.45, 7) is 3.44. The maximum atomic E-state index is 13.2. The number of hydrogen-bond acceptors (Lipinski definition) is 1. The van der Waals surface area contributed by atoms with Crippen molar-refractivity contribution in [3.63, 3.8) is 0 Å². The summed E-state index contributed by atoms with van der Waals surface area (Å²) in [5.41, 5.74) is 2.41. The minimum Gasteiger partial charge on any atom is -0.293 e. The van der Waals surface area contributed by atoms with Crippen LogP contribution in [0, 0.1) is 0 Å². The van der Waals surface area contributed by atoms with E-state index in [0.717, 1.165) is 18.5 Å². The summed E-state index contributed by atoms with van der Waals surface area (Å²) in [4.78, 5) is 1.85. The average Bonchev–Trinajstić information content (AvgIpc) is 2.29. The monoisotopic (exact) mass is 239 g/mol. The smallest absolute Gasteiger partial charge is 0.260 e. The van der Waals surface area contributed by atoms with Gasteiger partial charge in [0.05, 0.1) is 6.54 Å². The first-order valence-electron chi connectivity index (χ1n) is 6.27. The van der Waals surface area contributed by atoms with Crippen molar-refractivity contribution in [3.8, 4) is 0 Å². The van der Waals surface area contributed by atoms with Crippen molar-refractivity contribution in [2.75, 3.05) is 13.1 Å². The first-order chi connectivity index (χ1) is 8.09. The molecule has 17 heavy (non-hydrogen) atoms. The zero-order valence-corrected chi connectivity index (χ0v) is 10.3. The highest BCUT2D eigenvalue weighted by Gasteiger charge is 2.34. The van der Waals surface area contributed by atoms with Crippen molar-refractivity contribution < 1.29 is 8.78 Å². The third kappa shape index (κ3) is 3.50. The van der Waals surface area contributed by atoms with Gasteiger partial charge in [-0.25, -0.2) is 8.78 Å². The summed E-state index contributed by atoms with van der Waals surface area (Å²) < 4.78 is 26.5. The molecule has 1 saturated heterocycles. The quantitative estimate of drug-likeness (QED) is 0.780. The van der Waals surface area contributed by atoms with Gasteiger partial charge in [-0.15, -0.1) is 0 Å². The first-order valence-corrected chi connectivity index (χ1v) is 6.27. The highest BCUT2D eigenvalue weighted by molar-refractivity contribution is 5.22. The van der Waals surface area contributed by atoms with Crippen molar-refractivity contribution >= 4 is 0 Å². The normalized spacial score (nSPS) is 20.4. The molecule has 1 aromatic carbocycles. The maximum Gasteiger partial charge on any atom is 0.260 e. The van der Waals surface area contributed by atoms with Crippen molar-refractivity contribution in [1.29, 1.82) is 0 Å². The topological polar surface area (TPSA) is 3.24 Å². The van der Waals surface area contributed by atoms with E-state index < -0.39 is 5.92 Å². The lowest BCUT2D eigenvalue weighted by molar-refractivity contribution is -0.0661. The number of benzene rings is 1. The van der Waals surface area contributed by atoms with Crippen LogP contribution in [0.1, 0.15) is 30.9 Å². The number of aryl methyl sites for hydroxylation is 1. The van der Waals surface area contributed by atoms with Gasteiger partial charge in [-0.2, -0.15) is 0 Å². The van der Waals surface area contributed by atoms with Crippen LogP contribution in [-0.4, -0.2) is 23.9 Å². The van der Waals surface area contributed by atoms with Crippen LogP contribution in [0.5, 0.6) is 0 Å². The highest BCUT2D eigenvalue weighted by atomic mass is 19.3. The summed E-state index contributed by atoms with van der Waals surface area (Å²) in [6, 6.07) is 8.26. The molecule has 0 spiro atoms. The first kappa shape index (κ1) is 12.5. The molecule has 1 aromatic rings. The molecule has 2 rings (SSSR count). The van der Waals surface area contributed by atoms with Gasteiger partial charge in [-0.1, -0.05) is 31.2 Å². The molecular weight excluding hydrogens is 220 g/mol. The molecule has 1 aliphatic heterocycles. The summed E-state index contributed by atoms with van der Waals surface area (Å²) >= 11 is 0. The summed E-state index contributed by atoms with van der Waals surface area (Å²) in [5.74, 6) is -2.50. The number of piperidine rings is 1. The maximum absolute atomic E-state index is 13.2. The Morgan fingerprint density at radius 2 is 1.82 bits per heavy atom. The number of halogens is 2. The molecular formula is C14H19F2N. The Labute approximate surface area is 101 Å². The summed E-state index contributed by atoms with van der Waals surface area (Å²) in [6.07, 6.45) is 1.65. The van der Waals surface area contributed by atoms with Crippen LogP contribution in [0.3, 0.4) is 0 Å². The van der Waals surface area contributed by atoms with Gasteiger partial charge in [-0.05, 0) is 30.5 Å². The Morgan fingerprint density at radius 1 is 1.18 bits per heavy atom. The molecule has 0 N–H and O–H groups in total. The van der Waals surface area contributed by atoms with E-state index in [1.54, 1.807) is 0 Å². The minimum atomic E-state index is -2.50. The summed E-state index contributed by atoms with van der Waals surface area (Å²) in [7, 11) is 0. The fourth-order valence-electron chi connectivity index (χ4n) is 2.32. The average molecular weight is 239 g/mol. The molecule has 0 bridgehead atoms. The fraction of sp³-hybridized carbons (Fsp3) is 0.571. The third-order valence-corrected chi connectivity index (χ3v) is 3.31. The van der Waals surface area contributed by atoms with Gasteiger partial charge in [0.2, 0.25) is 0 Å². The van der Waals surface area contributed by atoms with Gasteiger partial charge >= 0.3 is 0 Å². The molecule has 94 valence electrons. The Morgan fingerprint density at radius 3 is 2.41 bits per heavy atom. The van der Waals surface area contributed by atoms with Crippen LogP contribution < -0.4 is 0 Å². The van der Waals surface area contributed by atoms with E-state index in [9.17, 15) is 8.78 Å². The largest absolute Gasteiger partial charge is 0.293 e. The van der Waals surface area contributed by atoms with Gasteiger partial charge in [-0.3, -0.25) is 4.90 Å². The molecule has 0 unspecified atom stereocenters. The Hall–Kier alpha value is -0.960. The van der Waals surface area contributed by atoms with Gasteiger partial charge in [0.15, 0.2) is 0 Å². The molecule has 0 amide bonds. The predicted octanol–water partition coefficient (Wildman–Crippen LogP) is 3.48. The number of nitrogens with zero attached hydrogens (tertiary/aromatic N) is 1. The Kier molecular flexibility index (Phi) is 3.77. The lowest BCUT2D eigenvalue weighted by atomic mass is 10.1. The molecule has 1 aliphatic rings. The van der Waals surface area contributed by atoms with E-state index in [-0.39, 0.29) is 13.0 Å². The van der Waals surface area contributed by atoms with Crippen LogP contribution in [0.25, 0.3) is 0 Å². The van der Waals surface area contributed by atoms with Crippen LogP contribution in [0.4, 0.5) is 8.78 Å². The Balaban J connectivity index is 1.95. The molecule has 0 radical (unpaired) electrons. The van der Waals surface area contributed by atoms with Gasteiger partial charge in [0.25, 0.3) is 5.92 Å². The molecule has 1 nitrogen and oxygen atoms in total. The summed E-state index contributed by atoms with van der Waals surface area (Å²) in [5, 5.41) is 0. The molecule has 0 aliphatic carbocycles. The van der Waals surface area contributed by atoms with Crippen LogP contribution in [0.2, 0.25) is 0 Å². The third-order valence-electron chi connectivity index (χ3n) is 3.31. The van der Waals surface area contributed by atoms with E-state index in [1.165, 1.54) is 5.56 Å². The molecule has 1 heterocycles. The standard InChI is InChI=1S/C14H19F2N/c1-2-12-4-6-13(7-5-12)10-17-9-3-8-14(15,16)11-17/h4-7H,2-3,8-11H2,1H3. The van der Waals surface area contributed by atoms with E-state index in [2.05, 4.69) is 19.1 Å². The lowest BCUT2D eigenvalue weighted by Crippen LogP contribution is -2.41. The molecule has 0 saturated carbocycles. The second-order valence-electron chi connectivity index (χ2n) is 4.84. The van der Waals surface area contributed by atoms with Crippen LogP contribution in [0.15, 0.2) is 24.3 Å². The van der Waals surface area contributed by atoms with Crippen LogP contribution >= 0.6 is 0 Å². The highest BCUT2D eigenvalue weighted by Crippen LogP contribution is 2.27. The van der Waals surface area contributed by atoms with Gasteiger partial charge < -0.3 is 0 Å². The van der Waals surface area contributed by atoms with E-state index in [4.69, 9.17) is 0 Å². The Bertz CT molecular complexity index is 359. The lowest BCUT2D eigenvalue weighted by Gasteiger charge is -2.32. The number of hydrogen-bond donors (Lipinski definition) is 0. The van der Waals surface area contributed by atoms with Crippen molar-refractivity contribution in [2.45, 2.75) is 38.7 Å². The van der Waals surface area contributed by atoms with Crippen LogP contribution in [-0.2, 0) is 13.0 Å². The SMILES string of the molecule is CCc1ccc(CN2CCCC(F)(F)C2)cc1. The molecule has 0 atom stereocenters. The second-order valence-corrected chi connectivity index (χ2v) is 4.84. The zero-order chi connectivity index (χ0) is 12.3. The number of alkyl halides is 2. The predicted molar refractivity (Wildman–Crippen MR) is 65.3 cm³/mol. The zero-order valence-electron chi connectivity index (χ0n) is 10.3. The molecule has 3 heteroatoms. The van der Waals surface area contributed by atoms with Crippen molar-refractivity contribution in [1.82, 2.24) is 4.90 Å².